The zero-order valence-corrected chi connectivity index (χ0v) is 15.2. The van der Waals surface area contributed by atoms with Crippen molar-refractivity contribution >= 4 is 23.7 Å². The van der Waals surface area contributed by atoms with Gasteiger partial charge in [0, 0.05) is 17.7 Å². The predicted molar refractivity (Wildman–Crippen MR) is 95.8 cm³/mol. The molecule has 1 unspecified atom stereocenters. The molecule has 1 aliphatic rings. The summed E-state index contributed by atoms with van der Waals surface area (Å²) in [6, 6.07) is 3.45. The van der Waals surface area contributed by atoms with Gasteiger partial charge in [-0.25, -0.2) is 10.9 Å². The second-order valence-corrected chi connectivity index (χ2v) is 5.54. The molecule has 1 heterocycles. The van der Waals surface area contributed by atoms with Gasteiger partial charge in [0.15, 0.2) is 11.5 Å². The molecule has 2 amide bonds. The molecule has 1 aromatic rings. The Morgan fingerprint density at radius 2 is 2.00 bits per heavy atom. The molecular weight excluding hydrogens is 340 g/mol. The van der Waals surface area contributed by atoms with Crippen molar-refractivity contribution in [3.05, 3.63) is 17.7 Å². The number of carbonyl (C=O) groups is 2. The van der Waals surface area contributed by atoms with E-state index in [0.717, 1.165) is 0 Å². The van der Waals surface area contributed by atoms with Crippen molar-refractivity contribution in [3.8, 4) is 17.2 Å². The summed E-state index contributed by atoms with van der Waals surface area (Å²) in [5, 5.41) is 7.78. The second kappa shape index (κ2) is 8.84. The molecule has 26 heavy (non-hydrogen) atoms. The van der Waals surface area contributed by atoms with Crippen LogP contribution in [0.3, 0.4) is 0 Å². The quantitative estimate of drug-likeness (QED) is 0.531. The first-order valence-corrected chi connectivity index (χ1v) is 7.96. The molecule has 2 rings (SSSR count). The monoisotopic (exact) mass is 362 g/mol. The van der Waals surface area contributed by atoms with Crippen LogP contribution >= 0.6 is 0 Å². The van der Waals surface area contributed by atoms with Gasteiger partial charge in [0.1, 0.15) is 0 Å². The van der Waals surface area contributed by atoms with E-state index in [2.05, 4.69) is 21.1 Å². The van der Waals surface area contributed by atoms with Crippen LogP contribution in [0, 0.1) is 5.92 Å². The molecule has 0 saturated carbocycles. The lowest BCUT2D eigenvalue weighted by atomic mass is 9.99. The summed E-state index contributed by atoms with van der Waals surface area (Å²) in [7, 11) is 4.54. The first-order valence-electron chi connectivity index (χ1n) is 7.96. The number of hydrogen-bond donors (Lipinski definition) is 2. The van der Waals surface area contributed by atoms with Crippen molar-refractivity contribution in [2.24, 2.45) is 16.1 Å². The zero-order valence-electron chi connectivity index (χ0n) is 15.2. The largest absolute Gasteiger partial charge is 0.493 e. The maximum absolute atomic E-state index is 11.9. The summed E-state index contributed by atoms with van der Waals surface area (Å²) in [6.07, 6.45) is 1.99. The number of methoxy groups -OCH3 is 3. The lowest BCUT2D eigenvalue weighted by Crippen LogP contribution is -2.25. The Morgan fingerprint density at radius 1 is 1.27 bits per heavy atom. The van der Waals surface area contributed by atoms with Gasteiger partial charge in [-0.15, -0.1) is 0 Å². The van der Waals surface area contributed by atoms with Crippen molar-refractivity contribution in [3.63, 3.8) is 0 Å². The van der Waals surface area contributed by atoms with E-state index >= 15 is 0 Å². The molecule has 0 saturated heterocycles. The van der Waals surface area contributed by atoms with E-state index in [9.17, 15) is 9.59 Å². The van der Waals surface area contributed by atoms with Crippen molar-refractivity contribution in [1.82, 2.24) is 10.9 Å². The van der Waals surface area contributed by atoms with Gasteiger partial charge < -0.3 is 14.2 Å². The van der Waals surface area contributed by atoms with Gasteiger partial charge in [0.25, 0.3) is 0 Å². The second-order valence-electron chi connectivity index (χ2n) is 5.54. The molecule has 9 nitrogen and oxygen atoms in total. The Bertz CT molecular complexity index is 745. The van der Waals surface area contributed by atoms with Crippen LogP contribution in [0.25, 0.3) is 0 Å². The lowest BCUT2D eigenvalue weighted by molar-refractivity contribution is -0.123. The standard InChI is InChI=1S/C17H22N4O5/c1-10-12(17(23)21-19-10)6-8-14(22)20-18-9-11-5-7-13(24-2)16(26-4)15(11)25-3/h5,7,9,12H,6,8H2,1-4H3,(H,20,22)(H,21,23)/b18-9+. The molecule has 1 aliphatic heterocycles. The number of hydrogen-bond acceptors (Lipinski definition) is 7. The molecule has 9 heteroatoms. The van der Waals surface area contributed by atoms with Crippen LogP contribution in [0.15, 0.2) is 22.3 Å². The van der Waals surface area contributed by atoms with E-state index in [1.165, 1.54) is 27.5 Å². The average Bonchev–Trinajstić information content (AvgIpc) is 2.97. The van der Waals surface area contributed by atoms with E-state index < -0.39 is 0 Å². The Morgan fingerprint density at radius 3 is 2.58 bits per heavy atom. The van der Waals surface area contributed by atoms with Gasteiger partial charge in [-0.05, 0) is 25.5 Å². The van der Waals surface area contributed by atoms with E-state index in [-0.39, 0.29) is 24.2 Å². The minimum absolute atomic E-state index is 0.158. The fraction of sp³-hybridized carbons (Fsp3) is 0.412. The molecule has 0 radical (unpaired) electrons. The fourth-order valence-corrected chi connectivity index (χ4v) is 2.56. The summed E-state index contributed by atoms with van der Waals surface area (Å²) < 4.78 is 15.8. The smallest absolute Gasteiger partial charge is 0.248 e. The lowest BCUT2D eigenvalue weighted by Gasteiger charge is -2.13. The highest BCUT2D eigenvalue weighted by atomic mass is 16.5. The van der Waals surface area contributed by atoms with Gasteiger partial charge in [-0.2, -0.15) is 10.2 Å². The number of carbonyl (C=O) groups excluding carboxylic acids is 2. The normalized spacial score (nSPS) is 16.2. The third-order valence-electron chi connectivity index (χ3n) is 3.95. The molecule has 0 bridgehead atoms. The third kappa shape index (κ3) is 4.29. The maximum Gasteiger partial charge on any atom is 0.248 e. The number of nitrogens with one attached hydrogen (secondary N) is 2. The molecule has 2 N–H and O–H groups in total. The first-order chi connectivity index (χ1) is 12.5. The zero-order chi connectivity index (χ0) is 19.1. The van der Waals surface area contributed by atoms with Crippen LogP contribution in [0.4, 0.5) is 0 Å². The summed E-state index contributed by atoms with van der Waals surface area (Å²) >= 11 is 0. The Hall–Kier alpha value is -3.10. The van der Waals surface area contributed by atoms with Crippen LogP contribution in [-0.4, -0.2) is 45.1 Å². The van der Waals surface area contributed by atoms with Crippen molar-refractivity contribution in [2.75, 3.05) is 21.3 Å². The summed E-state index contributed by atoms with van der Waals surface area (Å²) in [5.41, 5.74) is 6.12. The van der Waals surface area contributed by atoms with Gasteiger partial charge in [-0.1, -0.05) is 0 Å². The minimum Gasteiger partial charge on any atom is -0.493 e. The highest BCUT2D eigenvalue weighted by molar-refractivity contribution is 6.07. The Kier molecular flexibility index (Phi) is 6.54. The Labute approximate surface area is 151 Å². The van der Waals surface area contributed by atoms with Crippen molar-refractivity contribution < 1.29 is 23.8 Å². The number of amides is 2. The van der Waals surface area contributed by atoms with E-state index in [0.29, 0.717) is 34.9 Å². The molecule has 0 aromatic heterocycles. The van der Waals surface area contributed by atoms with Gasteiger partial charge in [0.05, 0.1) is 33.5 Å². The molecule has 1 atom stereocenters. The highest BCUT2D eigenvalue weighted by Crippen LogP contribution is 2.38. The number of ether oxygens (including phenoxy) is 3. The van der Waals surface area contributed by atoms with Gasteiger partial charge in [0.2, 0.25) is 17.6 Å². The third-order valence-corrected chi connectivity index (χ3v) is 3.95. The van der Waals surface area contributed by atoms with Crippen LogP contribution in [-0.2, 0) is 9.59 Å². The van der Waals surface area contributed by atoms with Crippen molar-refractivity contribution in [1.29, 1.82) is 0 Å². The van der Waals surface area contributed by atoms with Crippen LogP contribution in [0.1, 0.15) is 25.3 Å². The predicted octanol–water partition coefficient (Wildman–Crippen LogP) is 1.06. The number of hydrazone groups is 2. The maximum atomic E-state index is 11.9. The summed E-state index contributed by atoms with van der Waals surface area (Å²) in [5.74, 6) is 0.557. The molecule has 140 valence electrons. The topological polar surface area (TPSA) is 111 Å². The molecule has 1 aromatic carbocycles. The summed E-state index contributed by atoms with van der Waals surface area (Å²) in [4.78, 5) is 23.5. The van der Waals surface area contributed by atoms with Crippen molar-refractivity contribution in [2.45, 2.75) is 19.8 Å². The number of benzene rings is 1. The number of nitrogens with zero attached hydrogens (tertiary/aromatic N) is 2. The number of rotatable bonds is 8. The van der Waals surface area contributed by atoms with Crippen LogP contribution in [0.2, 0.25) is 0 Å². The highest BCUT2D eigenvalue weighted by Gasteiger charge is 2.27. The van der Waals surface area contributed by atoms with Gasteiger partial charge >= 0.3 is 0 Å². The summed E-state index contributed by atoms with van der Waals surface area (Å²) in [6.45, 7) is 1.75. The van der Waals surface area contributed by atoms with Crippen LogP contribution < -0.4 is 25.1 Å². The Balaban J connectivity index is 1.96. The fourth-order valence-electron chi connectivity index (χ4n) is 2.56. The van der Waals surface area contributed by atoms with E-state index in [1.54, 1.807) is 19.1 Å². The minimum atomic E-state index is -0.365. The average molecular weight is 362 g/mol. The van der Waals surface area contributed by atoms with Crippen LogP contribution in [0.5, 0.6) is 17.2 Å². The van der Waals surface area contributed by atoms with E-state index in [1.807, 2.05) is 0 Å². The van der Waals surface area contributed by atoms with E-state index in [4.69, 9.17) is 14.2 Å². The molecule has 0 spiro atoms. The molecule has 0 fully saturated rings. The SMILES string of the molecule is COc1ccc(/C=N/NC(=O)CCC2C(=O)NN=C2C)c(OC)c1OC. The molecular formula is C17H22N4O5. The first kappa shape index (κ1) is 19.2. The molecule has 0 aliphatic carbocycles. The van der Waals surface area contributed by atoms with Gasteiger partial charge in [-0.3, -0.25) is 9.59 Å².